The van der Waals surface area contributed by atoms with Crippen LogP contribution in [0.3, 0.4) is 0 Å². The molecule has 0 aromatic rings. The number of hydrogen-bond acceptors (Lipinski definition) is 4. The van der Waals surface area contributed by atoms with E-state index in [0.717, 1.165) is 12.8 Å². The number of aliphatic carboxylic acids is 1. The summed E-state index contributed by atoms with van der Waals surface area (Å²) in [5.74, 6) is -2.20. The number of morpholine rings is 1. The largest absolute Gasteiger partial charge is 0.481 e. The summed E-state index contributed by atoms with van der Waals surface area (Å²) < 4.78 is 5.52. The summed E-state index contributed by atoms with van der Waals surface area (Å²) in [6, 6.07) is 0. The number of nitrogens with one attached hydrogen (secondary N) is 1. The van der Waals surface area contributed by atoms with Crippen molar-refractivity contribution in [1.82, 2.24) is 5.32 Å². The van der Waals surface area contributed by atoms with E-state index in [2.05, 4.69) is 5.32 Å². The molecule has 1 saturated heterocycles. The lowest BCUT2D eigenvalue weighted by molar-refractivity contribution is -0.150. The van der Waals surface area contributed by atoms with Gasteiger partial charge in [-0.15, -0.1) is 0 Å². The predicted molar refractivity (Wildman–Crippen MR) is 67.4 cm³/mol. The summed E-state index contributed by atoms with van der Waals surface area (Å²) in [6.45, 7) is 7.74. The average molecular weight is 257 g/mol. The zero-order chi connectivity index (χ0) is 13.8. The van der Waals surface area contributed by atoms with Gasteiger partial charge in [0.05, 0.1) is 24.5 Å². The van der Waals surface area contributed by atoms with Gasteiger partial charge in [0.2, 0.25) is 0 Å². The van der Waals surface area contributed by atoms with Gasteiger partial charge in [-0.2, -0.15) is 0 Å². The van der Waals surface area contributed by atoms with Crippen LogP contribution >= 0.6 is 0 Å². The van der Waals surface area contributed by atoms with Gasteiger partial charge in [-0.25, -0.2) is 0 Å². The fourth-order valence-corrected chi connectivity index (χ4v) is 2.32. The normalized spacial score (nSPS) is 24.3. The highest BCUT2D eigenvalue weighted by molar-refractivity contribution is 5.75. The summed E-state index contributed by atoms with van der Waals surface area (Å²) in [5, 5.41) is 12.5. The van der Waals surface area contributed by atoms with Crippen molar-refractivity contribution in [2.75, 3.05) is 19.7 Å². The van der Waals surface area contributed by atoms with Crippen LogP contribution in [0.1, 0.15) is 27.2 Å². The van der Waals surface area contributed by atoms with Gasteiger partial charge in [0.1, 0.15) is 6.29 Å². The van der Waals surface area contributed by atoms with Gasteiger partial charge in [0.15, 0.2) is 0 Å². The van der Waals surface area contributed by atoms with E-state index in [1.54, 1.807) is 0 Å². The molecule has 5 heteroatoms. The quantitative estimate of drug-likeness (QED) is 0.716. The molecule has 1 aliphatic heterocycles. The van der Waals surface area contributed by atoms with Crippen LogP contribution in [0.25, 0.3) is 0 Å². The highest BCUT2D eigenvalue weighted by Gasteiger charge is 2.37. The molecule has 0 aliphatic carbocycles. The van der Waals surface area contributed by atoms with Crippen LogP contribution in [0.4, 0.5) is 0 Å². The molecule has 104 valence electrons. The molecular formula is C13H23NO4. The molecule has 1 heterocycles. The fourth-order valence-electron chi connectivity index (χ4n) is 2.32. The third-order valence-electron chi connectivity index (χ3n) is 3.16. The zero-order valence-electron chi connectivity index (χ0n) is 11.3. The van der Waals surface area contributed by atoms with E-state index in [1.807, 2.05) is 20.8 Å². The molecule has 0 aromatic heterocycles. The molecule has 18 heavy (non-hydrogen) atoms. The van der Waals surface area contributed by atoms with E-state index in [1.165, 1.54) is 0 Å². The van der Waals surface area contributed by atoms with Crippen molar-refractivity contribution in [3.8, 4) is 0 Å². The Morgan fingerprint density at radius 2 is 2.22 bits per heavy atom. The molecule has 1 fully saturated rings. The van der Waals surface area contributed by atoms with Gasteiger partial charge in [0.25, 0.3) is 0 Å². The van der Waals surface area contributed by atoms with Crippen molar-refractivity contribution in [2.24, 2.45) is 17.3 Å². The molecule has 0 radical (unpaired) electrons. The minimum absolute atomic E-state index is 0.133. The first-order valence-electron chi connectivity index (χ1n) is 6.35. The molecule has 0 spiro atoms. The molecule has 0 amide bonds. The van der Waals surface area contributed by atoms with Crippen LogP contribution in [0.15, 0.2) is 0 Å². The summed E-state index contributed by atoms with van der Waals surface area (Å²) in [6.07, 6.45) is 0.869. The first-order chi connectivity index (χ1) is 8.35. The minimum Gasteiger partial charge on any atom is -0.481 e. The number of hydrogen-bond donors (Lipinski definition) is 2. The summed E-state index contributed by atoms with van der Waals surface area (Å²) in [4.78, 5) is 22.7. The molecule has 3 atom stereocenters. The van der Waals surface area contributed by atoms with Crippen molar-refractivity contribution in [3.63, 3.8) is 0 Å². The van der Waals surface area contributed by atoms with E-state index in [9.17, 15) is 14.7 Å². The smallest absolute Gasteiger partial charge is 0.307 e. The summed E-state index contributed by atoms with van der Waals surface area (Å²) in [5.41, 5.74) is -0.133. The maximum atomic E-state index is 11.4. The molecule has 0 saturated carbocycles. The second-order valence-electron chi connectivity index (χ2n) is 6.04. The number of carboxylic acid groups (broad SMARTS) is 1. The van der Waals surface area contributed by atoms with Crippen LogP contribution in [0.2, 0.25) is 0 Å². The molecule has 1 aliphatic rings. The predicted octanol–water partition coefficient (Wildman–Crippen LogP) is 0.927. The number of rotatable bonds is 5. The molecule has 5 nitrogen and oxygen atoms in total. The van der Waals surface area contributed by atoms with Crippen molar-refractivity contribution in [2.45, 2.75) is 33.3 Å². The van der Waals surface area contributed by atoms with Crippen LogP contribution < -0.4 is 5.32 Å². The number of ether oxygens (including phenoxy) is 1. The number of carbonyl (C=O) groups is 2. The van der Waals surface area contributed by atoms with Gasteiger partial charge < -0.3 is 20.0 Å². The van der Waals surface area contributed by atoms with Crippen molar-refractivity contribution in [3.05, 3.63) is 0 Å². The van der Waals surface area contributed by atoms with Gasteiger partial charge in [0, 0.05) is 13.1 Å². The molecule has 2 N–H and O–H groups in total. The van der Waals surface area contributed by atoms with Crippen LogP contribution in [-0.4, -0.2) is 43.2 Å². The Bertz CT molecular complexity index is 292. The van der Waals surface area contributed by atoms with Gasteiger partial charge in [-0.05, 0) is 11.8 Å². The van der Waals surface area contributed by atoms with E-state index in [0.29, 0.717) is 19.6 Å². The molecule has 1 rings (SSSR count). The first-order valence-corrected chi connectivity index (χ1v) is 6.35. The Morgan fingerprint density at radius 3 is 2.61 bits per heavy atom. The van der Waals surface area contributed by atoms with Crippen molar-refractivity contribution < 1.29 is 19.4 Å². The van der Waals surface area contributed by atoms with E-state index < -0.39 is 17.8 Å². The minimum atomic E-state index is -0.920. The van der Waals surface area contributed by atoms with Crippen LogP contribution in [0, 0.1) is 17.3 Å². The Hall–Kier alpha value is -0.940. The van der Waals surface area contributed by atoms with Gasteiger partial charge >= 0.3 is 5.97 Å². The Kier molecular flexibility index (Phi) is 5.28. The Balaban J connectivity index is 2.79. The standard InChI is InChI=1S/C13H23NO4/c1-13(2,3)6-9(12(16)17)10(8-15)11-7-14-4-5-18-11/h8-11,14H,4-7H2,1-3H3,(H,16,17). The molecule has 0 aromatic carbocycles. The van der Waals surface area contributed by atoms with Gasteiger partial charge in [-0.1, -0.05) is 20.8 Å². The zero-order valence-corrected chi connectivity index (χ0v) is 11.3. The topological polar surface area (TPSA) is 75.6 Å². The molecular weight excluding hydrogens is 234 g/mol. The summed E-state index contributed by atoms with van der Waals surface area (Å²) >= 11 is 0. The van der Waals surface area contributed by atoms with E-state index in [4.69, 9.17) is 4.74 Å². The lowest BCUT2D eigenvalue weighted by Gasteiger charge is -2.33. The van der Waals surface area contributed by atoms with Crippen molar-refractivity contribution >= 4 is 12.3 Å². The highest BCUT2D eigenvalue weighted by atomic mass is 16.5. The second-order valence-corrected chi connectivity index (χ2v) is 6.04. The van der Waals surface area contributed by atoms with Crippen LogP contribution in [0.5, 0.6) is 0 Å². The lowest BCUT2D eigenvalue weighted by Crippen LogP contribution is -2.47. The third kappa shape index (κ3) is 4.38. The SMILES string of the molecule is CC(C)(C)CC(C(=O)O)C(C=O)C1CNCCO1. The van der Waals surface area contributed by atoms with E-state index >= 15 is 0 Å². The first kappa shape index (κ1) is 15.1. The fraction of sp³-hybridized carbons (Fsp3) is 0.846. The second kappa shape index (κ2) is 6.29. The maximum Gasteiger partial charge on any atom is 0.307 e. The third-order valence-corrected chi connectivity index (χ3v) is 3.16. The van der Waals surface area contributed by atoms with Gasteiger partial charge in [-0.3, -0.25) is 4.79 Å². The monoisotopic (exact) mass is 257 g/mol. The molecule has 0 bridgehead atoms. The van der Waals surface area contributed by atoms with Crippen LogP contribution in [-0.2, 0) is 14.3 Å². The lowest BCUT2D eigenvalue weighted by atomic mass is 9.77. The molecule has 3 unspecified atom stereocenters. The van der Waals surface area contributed by atoms with Crippen molar-refractivity contribution in [1.29, 1.82) is 0 Å². The average Bonchev–Trinajstić information content (AvgIpc) is 2.28. The highest BCUT2D eigenvalue weighted by Crippen LogP contribution is 2.31. The number of carboxylic acids is 1. The number of aldehydes is 1. The Labute approximate surface area is 108 Å². The Morgan fingerprint density at radius 1 is 1.56 bits per heavy atom. The summed E-state index contributed by atoms with van der Waals surface area (Å²) in [7, 11) is 0. The number of carbonyl (C=O) groups excluding carboxylic acids is 1. The maximum absolute atomic E-state index is 11.4. The van der Waals surface area contributed by atoms with E-state index in [-0.39, 0.29) is 11.5 Å².